The van der Waals surface area contributed by atoms with Crippen LogP contribution in [-0.4, -0.2) is 23.5 Å². The maximum atomic E-state index is 12.6. The average Bonchev–Trinajstić information content (AvgIpc) is 2.74. The van der Waals surface area contributed by atoms with Crippen LogP contribution in [0.4, 0.5) is 4.79 Å². The van der Waals surface area contributed by atoms with Crippen molar-refractivity contribution in [3.05, 3.63) is 59.7 Å². The van der Waals surface area contributed by atoms with Gasteiger partial charge in [-0.2, -0.15) is 0 Å². The predicted octanol–water partition coefficient (Wildman–Crippen LogP) is 4.33. The smallest absolute Gasteiger partial charge is 0.339 e. The summed E-state index contributed by atoms with van der Waals surface area (Å²) in [6.07, 6.45) is 2.07. The molecule has 0 radical (unpaired) electrons. The van der Waals surface area contributed by atoms with Gasteiger partial charge in [0.2, 0.25) is 5.91 Å². The SMILES string of the molecule is CCCCC(=O)NNC(=O)NCc1ccc(-c2ccccc2C(=O)OC(C)(C)C)cc1. The average molecular weight is 426 g/mol. The summed E-state index contributed by atoms with van der Waals surface area (Å²) in [7, 11) is 0. The molecule has 0 bridgehead atoms. The molecule has 2 aromatic rings. The minimum Gasteiger partial charge on any atom is -0.456 e. The summed E-state index contributed by atoms with van der Waals surface area (Å²) in [5.41, 5.74) is 7.17. The number of carbonyl (C=O) groups is 3. The van der Waals surface area contributed by atoms with Crippen LogP contribution in [0.5, 0.6) is 0 Å². The Bertz CT molecular complexity index is 902. The molecule has 0 spiro atoms. The van der Waals surface area contributed by atoms with Crippen LogP contribution in [0.3, 0.4) is 0 Å². The lowest BCUT2D eigenvalue weighted by Crippen LogP contribution is -2.46. The third-order valence-electron chi connectivity index (χ3n) is 4.34. The number of ether oxygens (including phenoxy) is 1. The van der Waals surface area contributed by atoms with Gasteiger partial charge in [-0.25, -0.2) is 15.0 Å². The van der Waals surface area contributed by atoms with Gasteiger partial charge in [0.1, 0.15) is 5.60 Å². The van der Waals surface area contributed by atoms with Crippen molar-refractivity contribution in [3.8, 4) is 11.1 Å². The van der Waals surface area contributed by atoms with E-state index in [0.717, 1.165) is 29.5 Å². The second kappa shape index (κ2) is 11.2. The summed E-state index contributed by atoms with van der Waals surface area (Å²) in [5, 5.41) is 2.69. The summed E-state index contributed by atoms with van der Waals surface area (Å²) in [5.74, 6) is -0.587. The Hall–Kier alpha value is -3.35. The van der Waals surface area contributed by atoms with Crippen LogP contribution in [0, 0.1) is 0 Å². The van der Waals surface area contributed by atoms with Crippen molar-refractivity contribution in [2.45, 2.75) is 59.1 Å². The predicted molar refractivity (Wildman–Crippen MR) is 120 cm³/mol. The lowest BCUT2D eigenvalue weighted by molar-refractivity contribution is -0.121. The number of rotatable bonds is 7. The fourth-order valence-corrected chi connectivity index (χ4v) is 2.80. The van der Waals surface area contributed by atoms with Gasteiger partial charge in [0.25, 0.3) is 0 Å². The zero-order valence-corrected chi connectivity index (χ0v) is 18.6. The van der Waals surface area contributed by atoms with Crippen LogP contribution in [0.2, 0.25) is 0 Å². The van der Waals surface area contributed by atoms with Crippen molar-refractivity contribution in [2.75, 3.05) is 0 Å². The highest BCUT2D eigenvalue weighted by Gasteiger charge is 2.20. The highest BCUT2D eigenvalue weighted by atomic mass is 16.6. The zero-order valence-electron chi connectivity index (χ0n) is 18.6. The zero-order chi connectivity index (χ0) is 22.9. The topological polar surface area (TPSA) is 96.5 Å². The molecule has 0 saturated carbocycles. The summed E-state index contributed by atoms with van der Waals surface area (Å²) in [6, 6.07) is 14.4. The van der Waals surface area contributed by atoms with E-state index in [4.69, 9.17) is 4.74 Å². The summed E-state index contributed by atoms with van der Waals surface area (Å²) < 4.78 is 5.51. The highest BCUT2D eigenvalue weighted by Crippen LogP contribution is 2.26. The number of hydrogen-bond acceptors (Lipinski definition) is 4. The molecular formula is C24H31N3O4. The van der Waals surface area contributed by atoms with Gasteiger partial charge in [0.05, 0.1) is 5.56 Å². The van der Waals surface area contributed by atoms with Crippen LogP contribution >= 0.6 is 0 Å². The molecule has 2 aromatic carbocycles. The van der Waals surface area contributed by atoms with Crippen LogP contribution in [0.25, 0.3) is 11.1 Å². The molecule has 0 heterocycles. The van der Waals surface area contributed by atoms with Gasteiger partial charge in [-0.05, 0) is 49.9 Å². The first-order valence-electron chi connectivity index (χ1n) is 10.4. The normalized spacial score (nSPS) is 10.8. The molecule has 2 rings (SSSR count). The maximum absolute atomic E-state index is 12.6. The quantitative estimate of drug-likeness (QED) is 0.454. The Morgan fingerprint density at radius 1 is 0.935 bits per heavy atom. The number of carbonyl (C=O) groups excluding carboxylic acids is 3. The van der Waals surface area contributed by atoms with E-state index in [1.54, 1.807) is 12.1 Å². The second-order valence-corrected chi connectivity index (χ2v) is 8.20. The molecule has 0 aromatic heterocycles. The van der Waals surface area contributed by atoms with E-state index in [9.17, 15) is 14.4 Å². The van der Waals surface area contributed by atoms with E-state index < -0.39 is 11.6 Å². The Morgan fingerprint density at radius 2 is 1.61 bits per heavy atom. The van der Waals surface area contributed by atoms with Gasteiger partial charge in [-0.1, -0.05) is 55.8 Å². The molecule has 31 heavy (non-hydrogen) atoms. The van der Waals surface area contributed by atoms with Crippen molar-refractivity contribution in [1.29, 1.82) is 0 Å². The Morgan fingerprint density at radius 3 is 2.26 bits per heavy atom. The fourth-order valence-electron chi connectivity index (χ4n) is 2.80. The van der Waals surface area contributed by atoms with Crippen molar-refractivity contribution in [3.63, 3.8) is 0 Å². The Labute approximate surface area is 183 Å². The van der Waals surface area contributed by atoms with Crippen molar-refractivity contribution >= 4 is 17.9 Å². The monoisotopic (exact) mass is 425 g/mol. The molecule has 7 nitrogen and oxygen atoms in total. The van der Waals surface area contributed by atoms with Crippen LogP contribution in [-0.2, 0) is 16.1 Å². The largest absolute Gasteiger partial charge is 0.456 e. The van der Waals surface area contributed by atoms with Gasteiger partial charge in [-0.15, -0.1) is 0 Å². The van der Waals surface area contributed by atoms with Crippen molar-refractivity contribution < 1.29 is 19.1 Å². The number of hydrazine groups is 1. The van der Waals surface area contributed by atoms with E-state index in [2.05, 4.69) is 16.2 Å². The van der Waals surface area contributed by atoms with Crippen LogP contribution < -0.4 is 16.2 Å². The number of urea groups is 1. The van der Waals surface area contributed by atoms with Gasteiger partial charge in [-0.3, -0.25) is 10.2 Å². The van der Waals surface area contributed by atoms with E-state index >= 15 is 0 Å². The lowest BCUT2D eigenvalue weighted by atomic mass is 9.98. The number of amides is 3. The van der Waals surface area contributed by atoms with Crippen LogP contribution in [0.1, 0.15) is 62.9 Å². The Kier molecular flexibility index (Phi) is 8.61. The molecule has 0 saturated heterocycles. The molecule has 166 valence electrons. The minimum absolute atomic E-state index is 0.218. The van der Waals surface area contributed by atoms with Gasteiger partial charge >= 0.3 is 12.0 Å². The fraction of sp³-hybridized carbons (Fsp3) is 0.375. The van der Waals surface area contributed by atoms with Crippen molar-refractivity contribution in [2.24, 2.45) is 0 Å². The van der Waals surface area contributed by atoms with E-state index in [-0.39, 0.29) is 11.9 Å². The molecular weight excluding hydrogens is 394 g/mol. The summed E-state index contributed by atoms with van der Waals surface area (Å²) in [4.78, 5) is 35.9. The number of esters is 1. The van der Waals surface area contributed by atoms with E-state index in [1.165, 1.54) is 0 Å². The second-order valence-electron chi connectivity index (χ2n) is 8.20. The first-order valence-corrected chi connectivity index (χ1v) is 10.4. The minimum atomic E-state index is -0.574. The van der Waals surface area contributed by atoms with Gasteiger partial charge in [0, 0.05) is 13.0 Å². The third kappa shape index (κ3) is 8.12. The van der Waals surface area contributed by atoms with Crippen molar-refractivity contribution in [1.82, 2.24) is 16.2 Å². The number of unbranched alkanes of at least 4 members (excludes halogenated alkanes) is 1. The molecule has 3 N–H and O–H groups in total. The third-order valence-corrected chi connectivity index (χ3v) is 4.34. The molecule has 0 fully saturated rings. The van der Waals surface area contributed by atoms with E-state index in [0.29, 0.717) is 18.5 Å². The first kappa shape index (κ1) is 23.9. The molecule has 0 aliphatic carbocycles. The maximum Gasteiger partial charge on any atom is 0.339 e. The first-order chi connectivity index (χ1) is 14.7. The molecule has 0 aliphatic rings. The van der Waals surface area contributed by atoms with Crippen LogP contribution in [0.15, 0.2) is 48.5 Å². The lowest BCUT2D eigenvalue weighted by Gasteiger charge is -2.20. The number of hydrogen-bond donors (Lipinski definition) is 3. The van der Waals surface area contributed by atoms with Gasteiger partial charge in [0.15, 0.2) is 0 Å². The number of nitrogens with one attached hydrogen (secondary N) is 3. The molecule has 0 aliphatic heterocycles. The summed E-state index contributed by atoms with van der Waals surface area (Å²) >= 11 is 0. The molecule has 0 atom stereocenters. The molecule has 7 heteroatoms. The standard InChI is InChI=1S/C24H31N3O4/c1-5-6-11-21(28)26-27-23(30)25-16-17-12-14-18(15-13-17)19-9-7-8-10-20(19)22(29)31-24(2,3)4/h7-10,12-15H,5-6,11,16H2,1-4H3,(H,26,28)(H2,25,27,30). The van der Waals surface area contributed by atoms with Gasteiger partial charge < -0.3 is 10.1 Å². The van der Waals surface area contributed by atoms with E-state index in [1.807, 2.05) is 64.1 Å². The summed E-state index contributed by atoms with van der Waals surface area (Å²) in [6.45, 7) is 7.80. The molecule has 3 amide bonds. The highest BCUT2D eigenvalue weighted by molar-refractivity contribution is 5.97. The Balaban J connectivity index is 1.96. The molecule has 0 unspecified atom stereocenters. The number of benzene rings is 2.